The molecule has 1 rings (SSSR count). The van der Waals surface area contributed by atoms with Gasteiger partial charge in [0.25, 0.3) is 5.91 Å². The summed E-state index contributed by atoms with van der Waals surface area (Å²) >= 11 is 0. The molecule has 1 aromatic carbocycles. The highest BCUT2D eigenvalue weighted by atomic mass is 19.1. The molecule has 6 nitrogen and oxygen atoms in total. The Balaban J connectivity index is 2.95. The van der Waals surface area contributed by atoms with Crippen LogP contribution in [0.25, 0.3) is 0 Å². The van der Waals surface area contributed by atoms with Crippen LogP contribution in [0.1, 0.15) is 30.6 Å². The lowest BCUT2D eigenvalue weighted by molar-refractivity contribution is -0.141. The third kappa shape index (κ3) is 5.49. The predicted molar refractivity (Wildman–Crippen MR) is 86.8 cm³/mol. The second kappa shape index (κ2) is 9.87. The lowest BCUT2D eigenvalue weighted by Crippen LogP contribution is -2.38. The van der Waals surface area contributed by atoms with E-state index in [0.717, 1.165) is 0 Å². The maximum atomic E-state index is 14.3. The molecular formula is C17H24FNO5. The molecule has 24 heavy (non-hydrogen) atoms. The van der Waals surface area contributed by atoms with Gasteiger partial charge in [0.05, 0.1) is 18.6 Å². The van der Waals surface area contributed by atoms with E-state index >= 15 is 0 Å². The van der Waals surface area contributed by atoms with Crippen LogP contribution in [0.15, 0.2) is 18.2 Å². The van der Waals surface area contributed by atoms with E-state index in [1.165, 1.54) is 37.1 Å². The predicted octanol–water partition coefficient (Wildman–Crippen LogP) is 2.42. The molecule has 0 aliphatic heterocycles. The number of hydrogen-bond acceptors (Lipinski definition) is 4. The van der Waals surface area contributed by atoms with E-state index in [1.807, 2.05) is 6.92 Å². The van der Waals surface area contributed by atoms with E-state index in [9.17, 15) is 14.0 Å². The highest BCUT2D eigenvalue weighted by Crippen LogP contribution is 2.21. The van der Waals surface area contributed by atoms with Crippen LogP contribution >= 0.6 is 0 Å². The van der Waals surface area contributed by atoms with Crippen molar-refractivity contribution in [3.8, 4) is 5.75 Å². The van der Waals surface area contributed by atoms with Crippen molar-refractivity contribution in [3.63, 3.8) is 0 Å². The minimum absolute atomic E-state index is 0.00303. The summed E-state index contributed by atoms with van der Waals surface area (Å²) in [6.45, 7) is 4.66. The summed E-state index contributed by atoms with van der Waals surface area (Å²) in [5.74, 6) is -3.10. The standard InChI is InChI=1S/C17H24FNO5/c1-4-24-10-6-9-19(11-12(2)17(21)22)16(20)13-7-5-8-14(23-3)15(13)18/h5,7-8,12H,4,6,9-11H2,1-3H3,(H,21,22). The summed E-state index contributed by atoms with van der Waals surface area (Å²) in [4.78, 5) is 25.1. The Morgan fingerprint density at radius 2 is 2.08 bits per heavy atom. The smallest absolute Gasteiger partial charge is 0.308 e. The van der Waals surface area contributed by atoms with Gasteiger partial charge in [-0.2, -0.15) is 0 Å². The number of halogens is 1. The fraction of sp³-hybridized carbons (Fsp3) is 0.529. The molecule has 0 heterocycles. The zero-order chi connectivity index (χ0) is 18.1. The minimum Gasteiger partial charge on any atom is -0.494 e. The van der Waals surface area contributed by atoms with Gasteiger partial charge < -0.3 is 19.5 Å². The summed E-state index contributed by atoms with van der Waals surface area (Å²) < 4.78 is 24.4. The number of amides is 1. The quantitative estimate of drug-likeness (QED) is 0.662. The van der Waals surface area contributed by atoms with Crippen LogP contribution in [0.4, 0.5) is 4.39 Å². The normalized spacial score (nSPS) is 11.8. The van der Waals surface area contributed by atoms with Gasteiger partial charge in [-0.15, -0.1) is 0 Å². The zero-order valence-corrected chi connectivity index (χ0v) is 14.3. The lowest BCUT2D eigenvalue weighted by atomic mass is 10.1. The van der Waals surface area contributed by atoms with E-state index in [1.54, 1.807) is 0 Å². The number of carbonyl (C=O) groups excluding carboxylic acids is 1. The van der Waals surface area contributed by atoms with Crippen LogP contribution in [0.2, 0.25) is 0 Å². The van der Waals surface area contributed by atoms with Crippen molar-refractivity contribution in [2.75, 3.05) is 33.4 Å². The van der Waals surface area contributed by atoms with E-state index in [-0.39, 0.29) is 24.4 Å². The molecule has 7 heteroatoms. The van der Waals surface area contributed by atoms with Crippen molar-refractivity contribution in [2.24, 2.45) is 5.92 Å². The summed E-state index contributed by atoms with van der Waals surface area (Å²) in [5.41, 5.74) is -0.136. The van der Waals surface area contributed by atoms with Gasteiger partial charge in [0.2, 0.25) is 0 Å². The molecule has 1 unspecified atom stereocenters. The average Bonchev–Trinajstić information content (AvgIpc) is 2.57. The number of methoxy groups -OCH3 is 1. The Morgan fingerprint density at radius 3 is 2.67 bits per heavy atom. The summed E-state index contributed by atoms with van der Waals surface area (Å²) in [6.07, 6.45) is 0.539. The van der Waals surface area contributed by atoms with Gasteiger partial charge in [0, 0.05) is 26.3 Å². The highest BCUT2D eigenvalue weighted by molar-refractivity contribution is 5.95. The van der Waals surface area contributed by atoms with Crippen LogP contribution in [0.5, 0.6) is 5.75 Å². The Bertz CT molecular complexity index is 564. The zero-order valence-electron chi connectivity index (χ0n) is 14.3. The number of benzene rings is 1. The van der Waals surface area contributed by atoms with Gasteiger partial charge in [0.1, 0.15) is 0 Å². The number of aliphatic carboxylic acids is 1. The first-order valence-corrected chi connectivity index (χ1v) is 7.84. The first-order chi connectivity index (χ1) is 11.4. The van der Waals surface area contributed by atoms with Crippen LogP contribution in [0.3, 0.4) is 0 Å². The number of rotatable bonds is 10. The van der Waals surface area contributed by atoms with E-state index in [2.05, 4.69) is 0 Å². The molecule has 0 fully saturated rings. The molecule has 0 bridgehead atoms. The molecule has 0 radical (unpaired) electrons. The van der Waals surface area contributed by atoms with Crippen LogP contribution in [0, 0.1) is 11.7 Å². The summed E-state index contributed by atoms with van der Waals surface area (Å²) in [7, 11) is 1.32. The van der Waals surface area contributed by atoms with Gasteiger partial charge >= 0.3 is 5.97 Å². The lowest BCUT2D eigenvalue weighted by Gasteiger charge is -2.25. The van der Waals surface area contributed by atoms with E-state index in [4.69, 9.17) is 14.6 Å². The molecule has 0 aromatic heterocycles. The van der Waals surface area contributed by atoms with E-state index in [0.29, 0.717) is 19.6 Å². The van der Waals surface area contributed by atoms with Crippen LogP contribution in [-0.2, 0) is 9.53 Å². The van der Waals surface area contributed by atoms with Gasteiger partial charge in [-0.25, -0.2) is 4.39 Å². The Labute approximate surface area is 141 Å². The van der Waals surface area contributed by atoms with Gasteiger partial charge in [0.15, 0.2) is 11.6 Å². The topological polar surface area (TPSA) is 76.1 Å². The Morgan fingerprint density at radius 1 is 1.38 bits per heavy atom. The third-order valence-electron chi connectivity index (χ3n) is 3.54. The first-order valence-electron chi connectivity index (χ1n) is 7.84. The number of carbonyl (C=O) groups is 2. The van der Waals surface area contributed by atoms with Crippen molar-refractivity contribution in [1.82, 2.24) is 4.90 Å². The molecule has 0 saturated carbocycles. The Kier molecular flexibility index (Phi) is 8.18. The van der Waals surface area contributed by atoms with Gasteiger partial charge in [-0.1, -0.05) is 13.0 Å². The number of nitrogens with zero attached hydrogens (tertiary/aromatic N) is 1. The van der Waals surface area contributed by atoms with Crippen molar-refractivity contribution in [3.05, 3.63) is 29.6 Å². The van der Waals surface area contributed by atoms with E-state index < -0.39 is 23.6 Å². The maximum absolute atomic E-state index is 14.3. The molecule has 0 saturated heterocycles. The molecule has 0 aliphatic carbocycles. The number of hydrogen-bond donors (Lipinski definition) is 1. The molecule has 1 N–H and O–H groups in total. The molecule has 0 aliphatic rings. The third-order valence-corrected chi connectivity index (χ3v) is 3.54. The second-order valence-electron chi connectivity index (χ2n) is 5.36. The van der Waals surface area contributed by atoms with Crippen LogP contribution < -0.4 is 4.74 Å². The first kappa shape index (κ1) is 19.9. The van der Waals surface area contributed by atoms with Crippen molar-refractivity contribution >= 4 is 11.9 Å². The summed E-state index contributed by atoms with van der Waals surface area (Å²) in [5, 5.41) is 9.07. The number of ether oxygens (including phenoxy) is 2. The maximum Gasteiger partial charge on any atom is 0.308 e. The van der Waals surface area contributed by atoms with Crippen molar-refractivity contribution in [1.29, 1.82) is 0 Å². The highest BCUT2D eigenvalue weighted by Gasteiger charge is 2.24. The molecule has 0 spiro atoms. The monoisotopic (exact) mass is 341 g/mol. The molecule has 1 atom stereocenters. The molecule has 1 amide bonds. The SMILES string of the molecule is CCOCCCN(CC(C)C(=O)O)C(=O)c1cccc(OC)c1F. The number of carboxylic acid groups (broad SMARTS) is 1. The Hall–Kier alpha value is -2.15. The van der Waals surface area contributed by atoms with Gasteiger partial charge in [-0.3, -0.25) is 9.59 Å². The fourth-order valence-corrected chi connectivity index (χ4v) is 2.19. The summed E-state index contributed by atoms with van der Waals surface area (Å²) in [6, 6.07) is 4.31. The number of carboxylic acids is 1. The molecule has 134 valence electrons. The average molecular weight is 341 g/mol. The largest absolute Gasteiger partial charge is 0.494 e. The minimum atomic E-state index is -1.01. The van der Waals surface area contributed by atoms with Crippen molar-refractivity contribution < 1.29 is 28.6 Å². The fourth-order valence-electron chi connectivity index (χ4n) is 2.19. The van der Waals surface area contributed by atoms with Crippen molar-refractivity contribution in [2.45, 2.75) is 20.3 Å². The molecular weight excluding hydrogens is 317 g/mol. The second-order valence-corrected chi connectivity index (χ2v) is 5.36. The van der Waals surface area contributed by atoms with Gasteiger partial charge in [-0.05, 0) is 25.5 Å². The molecule has 1 aromatic rings. The van der Waals surface area contributed by atoms with Crippen LogP contribution in [-0.4, -0.2) is 55.3 Å².